The molecule has 92 valence electrons. The van der Waals surface area contributed by atoms with Crippen LogP contribution < -0.4 is 11.2 Å². The first kappa shape index (κ1) is 11.4. The molecule has 6 nitrogen and oxygen atoms in total. The van der Waals surface area contributed by atoms with Crippen LogP contribution in [0.15, 0.2) is 15.9 Å². The van der Waals surface area contributed by atoms with Crippen molar-refractivity contribution in [3.63, 3.8) is 0 Å². The molecule has 2 N–H and O–H groups in total. The van der Waals surface area contributed by atoms with Gasteiger partial charge in [-0.15, -0.1) is 0 Å². The number of hydrogen-bond acceptors (Lipinski definition) is 3. The highest BCUT2D eigenvalue weighted by molar-refractivity contribution is 5.68. The zero-order chi connectivity index (χ0) is 12.6. The summed E-state index contributed by atoms with van der Waals surface area (Å²) in [5, 5.41) is 0. The fraction of sp³-hybridized carbons (Fsp3) is 0.375. The molecule has 0 bridgehead atoms. The fourth-order valence-corrected chi connectivity index (χ4v) is 1.43. The van der Waals surface area contributed by atoms with Crippen molar-refractivity contribution in [3.8, 4) is 0 Å². The largest absolute Gasteiger partial charge is 0.390 e. The minimum Gasteiger partial charge on any atom is -0.324 e. The minimum atomic E-state index is -4.31. The van der Waals surface area contributed by atoms with Crippen molar-refractivity contribution in [2.24, 2.45) is 0 Å². The zero-order valence-corrected chi connectivity index (χ0v) is 8.34. The van der Waals surface area contributed by atoms with E-state index >= 15 is 0 Å². The van der Waals surface area contributed by atoms with Crippen LogP contribution in [0.3, 0.4) is 0 Å². The topological polar surface area (TPSA) is 83.5 Å². The van der Waals surface area contributed by atoms with E-state index in [1.54, 1.807) is 0 Å². The number of alkyl halides is 3. The van der Waals surface area contributed by atoms with Crippen molar-refractivity contribution < 1.29 is 13.2 Å². The highest BCUT2D eigenvalue weighted by atomic mass is 19.4. The molecule has 0 aromatic carbocycles. The number of H-pyrrole nitrogens is 2. The summed E-state index contributed by atoms with van der Waals surface area (Å²) in [7, 11) is 0. The van der Waals surface area contributed by atoms with Gasteiger partial charge in [0.05, 0.1) is 12.7 Å². The average molecular weight is 248 g/mol. The summed E-state index contributed by atoms with van der Waals surface area (Å²) in [6.07, 6.45) is -4.30. The van der Waals surface area contributed by atoms with E-state index in [4.69, 9.17) is 0 Å². The molecule has 0 amide bonds. The molecule has 0 aliphatic carbocycles. The van der Waals surface area contributed by atoms with E-state index < -0.39 is 30.4 Å². The molecule has 0 aliphatic rings. The Labute approximate surface area is 91.1 Å². The molecule has 0 fully saturated rings. The summed E-state index contributed by atoms with van der Waals surface area (Å²) in [5.41, 5.74) is -1.61. The van der Waals surface area contributed by atoms with Crippen molar-refractivity contribution >= 4 is 11.2 Å². The second kappa shape index (κ2) is 3.75. The lowest BCUT2D eigenvalue weighted by Crippen LogP contribution is -2.23. The number of rotatable bonds is 2. The number of fused-ring (bicyclic) bond motifs is 1. The van der Waals surface area contributed by atoms with Crippen LogP contribution in [0.4, 0.5) is 13.2 Å². The molecular weight excluding hydrogens is 241 g/mol. The molecule has 2 rings (SSSR count). The van der Waals surface area contributed by atoms with Crippen LogP contribution in [-0.4, -0.2) is 25.7 Å². The van der Waals surface area contributed by atoms with Gasteiger partial charge in [-0.05, 0) is 0 Å². The van der Waals surface area contributed by atoms with Crippen LogP contribution in [0.5, 0.6) is 0 Å². The quantitative estimate of drug-likeness (QED) is 0.805. The zero-order valence-electron chi connectivity index (χ0n) is 8.34. The summed E-state index contributed by atoms with van der Waals surface area (Å²) in [6, 6.07) is 0. The first-order chi connectivity index (χ1) is 7.87. The smallest absolute Gasteiger partial charge is 0.324 e. The van der Waals surface area contributed by atoms with E-state index in [1.807, 2.05) is 4.98 Å². The van der Waals surface area contributed by atoms with Gasteiger partial charge in [-0.2, -0.15) is 13.2 Å². The van der Waals surface area contributed by atoms with Crippen LogP contribution in [0.25, 0.3) is 11.2 Å². The van der Waals surface area contributed by atoms with Crippen molar-refractivity contribution in [3.05, 3.63) is 27.2 Å². The van der Waals surface area contributed by atoms with Crippen LogP contribution in [-0.2, 0) is 6.54 Å². The lowest BCUT2D eigenvalue weighted by Gasteiger charge is -2.06. The van der Waals surface area contributed by atoms with Gasteiger partial charge in [-0.1, -0.05) is 0 Å². The Morgan fingerprint density at radius 1 is 1.29 bits per heavy atom. The SMILES string of the molecule is O=c1[nH]c(=O)c2c(ncn2CCC(F)(F)F)[nH]1. The lowest BCUT2D eigenvalue weighted by atomic mass is 10.4. The summed E-state index contributed by atoms with van der Waals surface area (Å²) >= 11 is 0. The summed E-state index contributed by atoms with van der Waals surface area (Å²) in [6.45, 7) is -0.422. The average Bonchev–Trinajstić information content (AvgIpc) is 2.56. The van der Waals surface area contributed by atoms with Crippen molar-refractivity contribution in [2.75, 3.05) is 0 Å². The summed E-state index contributed by atoms with van der Waals surface area (Å²) in [5.74, 6) is 0. The Morgan fingerprint density at radius 3 is 2.65 bits per heavy atom. The number of aromatic nitrogens is 4. The maximum absolute atomic E-state index is 12.0. The highest BCUT2D eigenvalue weighted by Crippen LogP contribution is 2.20. The van der Waals surface area contributed by atoms with Crippen LogP contribution in [0.2, 0.25) is 0 Å². The molecule has 9 heteroatoms. The van der Waals surface area contributed by atoms with E-state index in [9.17, 15) is 22.8 Å². The fourth-order valence-electron chi connectivity index (χ4n) is 1.43. The van der Waals surface area contributed by atoms with Gasteiger partial charge in [0.25, 0.3) is 5.56 Å². The Balaban J connectivity index is 2.43. The molecule has 2 aromatic heterocycles. The Hall–Kier alpha value is -2.06. The number of imidazole rings is 1. The highest BCUT2D eigenvalue weighted by Gasteiger charge is 2.27. The van der Waals surface area contributed by atoms with Crippen molar-refractivity contribution in [1.82, 2.24) is 19.5 Å². The third-order valence-corrected chi connectivity index (χ3v) is 2.15. The molecule has 0 spiro atoms. The molecule has 0 saturated carbocycles. The molecule has 2 aromatic rings. The Kier molecular flexibility index (Phi) is 2.52. The molecular formula is C8H7F3N4O2. The molecule has 0 aliphatic heterocycles. The van der Waals surface area contributed by atoms with Gasteiger partial charge >= 0.3 is 11.9 Å². The third-order valence-electron chi connectivity index (χ3n) is 2.15. The first-order valence-corrected chi connectivity index (χ1v) is 4.61. The lowest BCUT2D eigenvalue weighted by molar-refractivity contribution is -0.136. The predicted octanol–water partition coefficient (Wildman–Crippen LogP) is 0.365. The second-order valence-electron chi connectivity index (χ2n) is 3.41. The van der Waals surface area contributed by atoms with Crippen LogP contribution in [0, 0.1) is 0 Å². The van der Waals surface area contributed by atoms with E-state index in [0.29, 0.717) is 0 Å². The third kappa shape index (κ3) is 2.37. The number of nitrogens with one attached hydrogen (secondary N) is 2. The van der Waals surface area contributed by atoms with Gasteiger partial charge in [-0.3, -0.25) is 14.8 Å². The molecule has 2 heterocycles. The molecule has 0 radical (unpaired) electrons. The van der Waals surface area contributed by atoms with Gasteiger partial charge in [0, 0.05) is 6.54 Å². The maximum Gasteiger partial charge on any atom is 0.390 e. The normalized spacial score (nSPS) is 12.2. The molecule has 0 atom stereocenters. The monoisotopic (exact) mass is 248 g/mol. The number of hydrogen-bond donors (Lipinski definition) is 2. The maximum atomic E-state index is 12.0. The second-order valence-corrected chi connectivity index (χ2v) is 3.41. The van der Waals surface area contributed by atoms with Crippen molar-refractivity contribution in [2.45, 2.75) is 19.1 Å². The van der Waals surface area contributed by atoms with E-state index in [0.717, 1.165) is 10.9 Å². The molecule has 0 unspecified atom stereocenters. The molecule has 17 heavy (non-hydrogen) atoms. The van der Waals surface area contributed by atoms with Gasteiger partial charge < -0.3 is 4.57 Å². The summed E-state index contributed by atoms with van der Waals surface area (Å²) < 4.78 is 37.2. The Morgan fingerprint density at radius 2 is 2.00 bits per heavy atom. The number of nitrogens with zero attached hydrogens (tertiary/aromatic N) is 2. The van der Waals surface area contributed by atoms with Gasteiger partial charge in [-0.25, -0.2) is 9.78 Å². The van der Waals surface area contributed by atoms with Gasteiger partial charge in [0.1, 0.15) is 0 Å². The molecule has 0 saturated heterocycles. The standard InChI is InChI=1S/C8H7F3N4O2/c9-8(10,11)1-2-15-3-12-5-4(15)6(16)14-7(17)13-5/h3H,1-2H2,(H2,13,14,16,17). The van der Waals surface area contributed by atoms with E-state index in [2.05, 4.69) is 9.97 Å². The van der Waals surface area contributed by atoms with Crippen LogP contribution >= 0.6 is 0 Å². The van der Waals surface area contributed by atoms with E-state index in [-0.39, 0.29) is 11.2 Å². The van der Waals surface area contributed by atoms with Crippen LogP contribution in [0.1, 0.15) is 6.42 Å². The summed E-state index contributed by atoms with van der Waals surface area (Å²) in [4.78, 5) is 30.1. The van der Waals surface area contributed by atoms with Gasteiger partial charge in [0.15, 0.2) is 11.2 Å². The van der Waals surface area contributed by atoms with Gasteiger partial charge in [0.2, 0.25) is 0 Å². The first-order valence-electron chi connectivity index (χ1n) is 4.61. The van der Waals surface area contributed by atoms with E-state index in [1.165, 1.54) is 0 Å². The minimum absolute atomic E-state index is 0.0269. The number of aryl methyl sites for hydroxylation is 1. The Bertz CT molecular complexity index is 651. The number of halogens is 3. The van der Waals surface area contributed by atoms with Crippen molar-refractivity contribution in [1.29, 1.82) is 0 Å². The number of aromatic amines is 2. The predicted molar refractivity (Wildman–Crippen MR) is 51.6 cm³/mol.